The second kappa shape index (κ2) is 8.29. The van der Waals surface area contributed by atoms with Gasteiger partial charge in [0, 0.05) is 6.21 Å². The molecular weight excluding hydrogens is 334 g/mol. The number of hydrogen-bond donors (Lipinski definition) is 0. The molecule has 0 bridgehead atoms. The van der Waals surface area contributed by atoms with E-state index in [2.05, 4.69) is 9.73 Å². The first kappa shape index (κ1) is 19.2. The van der Waals surface area contributed by atoms with Gasteiger partial charge in [0.25, 0.3) is 0 Å². The molecule has 0 atom stereocenters. The number of rotatable bonds is 6. The van der Waals surface area contributed by atoms with Gasteiger partial charge in [-0.2, -0.15) is 0 Å². The molecule has 0 saturated carbocycles. The van der Waals surface area contributed by atoms with Gasteiger partial charge in [0.05, 0.1) is 25.5 Å². The van der Waals surface area contributed by atoms with Gasteiger partial charge in [0.15, 0.2) is 5.60 Å². The maximum atomic E-state index is 11.7. The third-order valence-corrected chi connectivity index (χ3v) is 3.56. The molecule has 0 radical (unpaired) electrons. The van der Waals surface area contributed by atoms with E-state index in [1.165, 1.54) is 14.2 Å². The zero-order chi connectivity index (χ0) is 19.2. The third-order valence-electron chi connectivity index (χ3n) is 3.56. The van der Waals surface area contributed by atoms with Crippen LogP contribution in [0.5, 0.6) is 5.75 Å². The molecule has 6 nitrogen and oxygen atoms in total. The van der Waals surface area contributed by atoms with Crippen molar-refractivity contribution in [3.05, 3.63) is 59.7 Å². The maximum absolute atomic E-state index is 11.7. The Labute approximate surface area is 152 Å². The molecule has 0 spiro atoms. The lowest BCUT2D eigenvalue weighted by atomic mass is 10.1. The van der Waals surface area contributed by atoms with Gasteiger partial charge in [0.2, 0.25) is 0 Å². The van der Waals surface area contributed by atoms with Crippen LogP contribution in [-0.4, -0.2) is 38.0 Å². The van der Waals surface area contributed by atoms with Gasteiger partial charge >= 0.3 is 11.9 Å². The molecule has 2 aromatic rings. The van der Waals surface area contributed by atoms with Crippen LogP contribution in [0.15, 0.2) is 53.5 Å². The van der Waals surface area contributed by atoms with Gasteiger partial charge in [-0.1, -0.05) is 12.1 Å². The number of aliphatic imine (C=N–C) groups is 1. The van der Waals surface area contributed by atoms with Gasteiger partial charge in [-0.05, 0) is 55.8 Å². The molecule has 0 aliphatic carbocycles. The average Bonchev–Trinajstić information content (AvgIpc) is 2.65. The molecule has 0 aromatic heterocycles. The summed E-state index contributed by atoms with van der Waals surface area (Å²) >= 11 is 0. The lowest BCUT2D eigenvalue weighted by Gasteiger charge is -2.23. The molecule has 0 amide bonds. The summed E-state index contributed by atoms with van der Waals surface area (Å²) in [6, 6.07) is 14.0. The van der Waals surface area contributed by atoms with Crippen LogP contribution in [0.1, 0.15) is 29.8 Å². The monoisotopic (exact) mass is 355 g/mol. The van der Waals surface area contributed by atoms with E-state index < -0.39 is 17.5 Å². The van der Waals surface area contributed by atoms with Crippen LogP contribution in [0, 0.1) is 0 Å². The molecule has 0 heterocycles. The number of nitrogens with zero attached hydrogens (tertiary/aromatic N) is 1. The fourth-order valence-corrected chi connectivity index (χ4v) is 2.19. The van der Waals surface area contributed by atoms with E-state index in [4.69, 9.17) is 9.47 Å². The highest BCUT2D eigenvalue weighted by Crippen LogP contribution is 2.21. The topological polar surface area (TPSA) is 74.2 Å². The summed E-state index contributed by atoms with van der Waals surface area (Å²) in [5.41, 5.74) is 0.875. The van der Waals surface area contributed by atoms with Crippen molar-refractivity contribution in [2.75, 3.05) is 14.2 Å². The highest BCUT2D eigenvalue weighted by Gasteiger charge is 2.31. The molecule has 136 valence electrons. The van der Waals surface area contributed by atoms with Crippen molar-refractivity contribution in [3.63, 3.8) is 0 Å². The third kappa shape index (κ3) is 4.92. The Kier molecular flexibility index (Phi) is 6.11. The number of esters is 2. The van der Waals surface area contributed by atoms with Crippen molar-refractivity contribution in [2.24, 2.45) is 4.99 Å². The van der Waals surface area contributed by atoms with Gasteiger partial charge in [-0.3, -0.25) is 4.99 Å². The summed E-state index contributed by atoms with van der Waals surface area (Å²) in [6.45, 7) is 3.28. The number of benzene rings is 2. The Balaban J connectivity index is 2.11. The van der Waals surface area contributed by atoms with E-state index in [0.717, 1.165) is 5.56 Å². The normalized spacial score (nSPS) is 11.2. The number of carbonyl (C=O) groups excluding carboxylic acids is 2. The number of carbonyl (C=O) groups is 2. The van der Waals surface area contributed by atoms with Crippen LogP contribution >= 0.6 is 0 Å². The first-order valence-corrected chi connectivity index (χ1v) is 7.95. The van der Waals surface area contributed by atoms with E-state index in [1.54, 1.807) is 56.5 Å². The summed E-state index contributed by atoms with van der Waals surface area (Å²) in [4.78, 5) is 27.5. The summed E-state index contributed by atoms with van der Waals surface area (Å²) < 4.78 is 15.1. The number of methoxy groups -OCH3 is 2. The summed E-state index contributed by atoms with van der Waals surface area (Å²) in [6.07, 6.45) is 1.67. The van der Waals surface area contributed by atoms with Crippen molar-refractivity contribution in [3.8, 4) is 5.75 Å². The van der Waals surface area contributed by atoms with Gasteiger partial charge < -0.3 is 14.2 Å². The summed E-state index contributed by atoms with van der Waals surface area (Å²) in [5.74, 6) is -0.314. The van der Waals surface area contributed by atoms with Gasteiger partial charge in [-0.15, -0.1) is 0 Å². The van der Waals surface area contributed by atoms with Crippen molar-refractivity contribution in [2.45, 2.75) is 19.4 Å². The fourth-order valence-electron chi connectivity index (χ4n) is 2.19. The smallest absolute Gasteiger partial charge is 0.349 e. The number of hydrogen-bond acceptors (Lipinski definition) is 6. The predicted octanol–water partition coefficient (Wildman–Crippen LogP) is 3.55. The zero-order valence-electron chi connectivity index (χ0n) is 15.2. The first-order chi connectivity index (χ1) is 12.4. The highest BCUT2D eigenvalue weighted by molar-refractivity contribution is 5.90. The molecule has 0 fully saturated rings. The van der Waals surface area contributed by atoms with E-state index in [1.807, 2.05) is 12.1 Å². The van der Waals surface area contributed by atoms with E-state index in [9.17, 15) is 9.59 Å². The molecule has 0 N–H and O–H groups in total. The average molecular weight is 355 g/mol. The molecule has 0 aliphatic heterocycles. The van der Waals surface area contributed by atoms with Crippen molar-refractivity contribution in [1.82, 2.24) is 0 Å². The van der Waals surface area contributed by atoms with Crippen LogP contribution in [0.2, 0.25) is 0 Å². The minimum absolute atomic E-state index is 0.390. The fraction of sp³-hybridized carbons (Fsp3) is 0.250. The Morgan fingerprint density at radius 2 is 1.69 bits per heavy atom. The van der Waals surface area contributed by atoms with E-state index in [0.29, 0.717) is 17.0 Å². The Morgan fingerprint density at radius 3 is 2.31 bits per heavy atom. The van der Waals surface area contributed by atoms with Gasteiger partial charge in [-0.25, -0.2) is 9.59 Å². The van der Waals surface area contributed by atoms with Crippen molar-refractivity contribution >= 4 is 23.8 Å². The molecule has 2 rings (SSSR count). The largest absolute Gasteiger partial charge is 0.476 e. The molecule has 26 heavy (non-hydrogen) atoms. The van der Waals surface area contributed by atoms with E-state index in [-0.39, 0.29) is 0 Å². The maximum Gasteiger partial charge on any atom is 0.349 e. The molecule has 6 heteroatoms. The lowest BCUT2D eigenvalue weighted by Crippen LogP contribution is -2.39. The summed E-state index contributed by atoms with van der Waals surface area (Å²) in [7, 11) is 2.66. The van der Waals surface area contributed by atoms with Crippen LogP contribution in [0.25, 0.3) is 0 Å². The SMILES string of the molecule is COC(=O)c1ccc(/N=C/c2cccc(OC(C)(C)C(=O)OC)c2)cc1. The minimum Gasteiger partial charge on any atom is -0.476 e. The highest BCUT2D eigenvalue weighted by atomic mass is 16.6. The van der Waals surface area contributed by atoms with Crippen LogP contribution < -0.4 is 4.74 Å². The molecule has 0 saturated heterocycles. The molecular formula is C20H21NO5. The zero-order valence-corrected chi connectivity index (χ0v) is 15.2. The van der Waals surface area contributed by atoms with Gasteiger partial charge in [0.1, 0.15) is 5.75 Å². The molecule has 0 aliphatic rings. The Morgan fingerprint density at radius 1 is 1.00 bits per heavy atom. The van der Waals surface area contributed by atoms with Crippen LogP contribution in [0.3, 0.4) is 0 Å². The van der Waals surface area contributed by atoms with Crippen molar-refractivity contribution < 1.29 is 23.8 Å². The minimum atomic E-state index is -1.09. The summed E-state index contributed by atoms with van der Waals surface area (Å²) in [5, 5.41) is 0. The Hall–Kier alpha value is -3.15. The van der Waals surface area contributed by atoms with Crippen LogP contribution in [-0.2, 0) is 14.3 Å². The van der Waals surface area contributed by atoms with Crippen LogP contribution in [0.4, 0.5) is 5.69 Å². The van der Waals surface area contributed by atoms with Crippen molar-refractivity contribution in [1.29, 1.82) is 0 Å². The second-order valence-electron chi connectivity index (χ2n) is 5.97. The first-order valence-electron chi connectivity index (χ1n) is 7.95. The Bertz CT molecular complexity index is 809. The second-order valence-corrected chi connectivity index (χ2v) is 5.97. The standard InChI is InChI=1S/C20H21NO5/c1-20(2,19(23)25-4)26-17-7-5-6-14(12-17)13-21-16-10-8-15(9-11-16)18(22)24-3/h5-13H,1-4H3/b21-13+. The molecule has 0 unspecified atom stereocenters. The predicted molar refractivity (Wildman–Crippen MR) is 98.2 cm³/mol. The molecule has 2 aromatic carbocycles. The quantitative estimate of drug-likeness (QED) is 0.585. The van der Waals surface area contributed by atoms with E-state index >= 15 is 0 Å². The number of ether oxygens (including phenoxy) is 3. The lowest BCUT2D eigenvalue weighted by molar-refractivity contribution is -0.156.